The van der Waals surface area contributed by atoms with E-state index in [0.29, 0.717) is 13.0 Å². The third-order valence-corrected chi connectivity index (χ3v) is 2.50. The van der Waals surface area contributed by atoms with E-state index in [1.54, 1.807) is 0 Å². The van der Waals surface area contributed by atoms with Crippen LogP contribution in [0.15, 0.2) is 0 Å². The minimum absolute atomic E-state index is 0.122. The van der Waals surface area contributed by atoms with Crippen LogP contribution in [-0.4, -0.2) is 19.1 Å². The minimum Gasteiger partial charge on any atom is -0.381 e. The summed E-state index contributed by atoms with van der Waals surface area (Å²) in [4.78, 5) is 10.8. The van der Waals surface area contributed by atoms with E-state index in [1.165, 1.54) is 32.1 Å². The molecule has 4 nitrogen and oxygen atoms in total. The molecule has 3 N–H and O–H groups in total. The standard InChI is InChI=1S/C12H26N2O2/c1-2-3-4-5-6-7-10-16-11-8-9-12(15)14-13/h2-11,13H2,1H3,(H,14,15). The zero-order valence-electron chi connectivity index (χ0n) is 10.5. The van der Waals surface area contributed by atoms with E-state index in [1.807, 2.05) is 0 Å². The lowest BCUT2D eigenvalue weighted by Crippen LogP contribution is -2.29. The van der Waals surface area contributed by atoms with Crippen LogP contribution in [0.3, 0.4) is 0 Å². The van der Waals surface area contributed by atoms with Crippen molar-refractivity contribution in [3.8, 4) is 0 Å². The predicted molar refractivity (Wildman–Crippen MR) is 65.8 cm³/mol. The van der Waals surface area contributed by atoms with Crippen LogP contribution in [-0.2, 0) is 9.53 Å². The SMILES string of the molecule is CCCCCCCCOCCCC(=O)NN. The van der Waals surface area contributed by atoms with Crippen LogP contribution in [0.4, 0.5) is 0 Å². The molecule has 0 saturated carbocycles. The number of amides is 1. The molecule has 0 aliphatic carbocycles. The average molecular weight is 230 g/mol. The lowest BCUT2D eigenvalue weighted by atomic mass is 10.1. The van der Waals surface area contributed by atoms with Crippen molar-refractivity contribution in [3.05, 3.63) is 0 Å². The summed E-state index contributed by atoms with van der Waals surface area (Å²) >= 11 is 0. The van der Waals surface area contributed by atoms with Crippen molar-refractivity contribution in [1.82, 2.24) is 5.43 Å². The van der Waals surface area contributed by atoms with Gasteiger partial charge in [-0.2, -0.15) is 0 Å². The highest BCUT2D eigenvalue weighted by Gasteiger charge is 1.97. The zero-order chi connectivity index (χ0) is 12.1. The Morgan fingerprint density at radius 1 is 1.06 bits per heavy atom. The average Bonchev–Trinajstić information content (AvgIpc) is 2.31. The zero-order valence-corrected chi connectivity index (χ0v) is 10.5. The Kier molecular flexibility index (Phi) is 12.0. The van der Waals surface area contributed by atoms with Crippen molar-refractivity contribution in [2.45, 2.75) is 58.3 Å². The molecule has 1 amide bonds. The summed E-state index contributed by atoms with van der Waals surface area (Å²) < 4.78 is 5.41. The molecule has 0 fully saturated rings. The summed E-state index contributed by atoms with van der Waals surface area (Å²) in [5, 5.41) is 0. The topological polar surface area (TPSA) is 64.3 Å². The summed E-state index contributed by atoms with van der Waals surface area (Å²) in [5.74, 6) is 4.83. The lowest BCUT2D eigenvalue weighted by Gasteiger charge is -2.04. The second-order valence-electron chi connectivity index (χ2n) is 4.05. The van der Waals surface area contributed by atoms with E-state index in [4.69, 9.17) is 10.6 Å². The van der Waals surface area contributed by atoms with Gasteiger partial charge in [0.2, 0.25) is 5.91 Å². The Balaban J connectivity index is 2.96. The highest BCUT2D eigenvalue weighted by molar-refractivity contribution is 5.75. The van der Waals surface area contributed by atoms with Gasteiger partial charge in [-0.25, -0.2) is 5.84 Å². The molecule has 0 spiro atoms. The molecule has 0 unspecified atom stereocenters. The molecule has 96 valence electrons. The van der Waals surface area contributed by atoms with Gasteiger partial charge < -0.3 is 4.74 Å². The quantitative estimate of drug-likeness (QED) is 0.247. The van der Waals surface area contributed by atoms with E-state index in [-0.39, 0.29) is 5.91 Å². The fourth-order valence-electron chi connectivity index (χ4n) is 1.49. The van der Waals surface area contributed by atoms with Crippen LogP contribution in [0.2, 0.25) is 0 Å². The molecule has 0 rings (SSSR count). The van der Waals surface area contributed by atoms with E-state index in [0.717, 1.165) is 19.4 Å². The van der Waals surface area contributed by atoms with Gasteiger partial charge in [-0.15, -0.1) is 0 Å². The molecule has 0 aliphatic rings. The Bertz CT molecular complexity index is 163. The third-order valence-electron chi connectivity index (χ3n) is 2.50. The first-order chi connectivity index (χ1) is 7.81. The van der Waals surface area contributed by atoms with E-state index >= 15 is 0 Å². The fourth-order valence-corrected chi connectivity index (χ4v) is 1.49. The molecule has 0 heterocycles. The van der Waals surface area contributed by atoms with Crippen molar-refractivity contribution in [3.63, 3.8) is 0 Å². The maximum atomic E-state index is 10.8. The molecule has 0 bridgehead atoms. The Morgan fingerprint density at radius 3 is 2.38 bits per heavy atom. The Morgan fingerprint density at radius 2 is 1.69 bits per heavy atom. The van der Waals surface area contributed by atoms with Crippen molar-refractivity contribution >= 4 is 5.91 Å². The van der Waals surface area contributed by atoms with Crippen LogP contribution >= 0.6 is 0 Å². The molecule has 0 saturated heterocycles. The monoisotopic (exact) mass is 230 g/mol. The highest BCUT2D eigenvalue weighted by atomic mass is 16.5. The van der Waals surface area contributed by atoms with Crippen molar-refractivity contribution in [1.29, 1.82) is 0 Å². The molecule has 0 aromatic heterocycles. The molecule has 16 heavy (non-hydrogen) atoms. The number of hydrogen-bond acceptors (Lipinski definition) is 3. The van der Waals surface area contributed by atoms with Crippen molar-refractivity contribution in [2.75, 3.05) is 13.2 Å². The second kappa shape index (κ2) is 12.5. The smallest absolute Gasteiger partial charge is 0.233 e. The molecule has 0 aromatic rings. The summed E-state index contributed by atoms with van der Waals surface area (Å²) in [6, 6.07) is 0. The lowest BCUT2D eigenvalue weighted by molar-refractivity contribution is -0.121. The molecule has 4 heteroatoms. The van der Waals surface area contributed by atoms with E-state index in [2.05, 4.69) is 12.3 Å². The summed E-state index contributed by atoms with van der Waals surface area (Å²) in [6.07, 6.45) is 8.87. The first-order valence-corrected chi connectivity index (χ1v) is 6.38. The molecule has 0 radical (unpaired) electrons. The first-order valence-electron chi connectivity index (χ1n) is 6.38. The van der Waals surface area contributed by atoms with Gasteiger partial charge in [0, 0.05) is 19.6 Å². The second-order valence-corrected chi connectivity index (χ2v) is 4.05. The number of carbonyl (C=O) groups is 1. The molecular weight excluding hydrogens is 204 g/mol. The van der Waals surface area contributed by atoms with Crippen LogP contribution in [0.25, 0.3) is 0 Å². The number of carbonyl (C=O) groups excluding carboxylic acids is 1. The molecule has 0 atom stereocenters. The number of hydrogen-bond donors (Lipinski definition) is 2. The minimum atomic E-state index is -0.122. The van der Waals surface area contributed by atoms with Crippen molar-refractivity contribution < 1.29 is 9.53 Å². The van der Waals surface area contributed by atoms with Gasteiger partial charge in [-0.3, -0.25) is 10.2 Å². The molecule has 0 aromatic carbocycles. The predicted octanol–water partition coefficient (Wildman–Crippen LogP) is 2.13. The first kappa shape index (κ1) is 15.4. The Hall–Kier alpha value is -0.610. The number of unbranched alkanes of at least 4 members (excludes halogenated alkanes) is 5. The normalized spacial score (nSPS) is 10.4. The van der Waals surface area contributed by atoms with E-state index in [9.17, 15) is 4.79 Å². The maximum absolute atomic E-state index is 10.8. The van der Waals surface area contributed by atoms with Crippen LogP contribution in [0.5, 0.6) is 0 Å². The highest BCUT2D eigenvalue weighted by Crippen LogP contribution is 2.05. The van der Waals surface area contributed by atoms with Gasteiger partial charge in [0.25, 0.3) is 0 Å². The van der Waals surface area contributed by atoms with Gasteiger partial charge in [0.15, 0.2) is 0 Å². The van der Waals surface area contributed by atoms with Crippen LogP contribution in [0.1, 0.15) is 58.3 Å². The molecule has 0 aliphatic heterocycles. The Labute approximate surface area is 98.9 Å². The summed E-state index contributed by atoms with van der Waals surface area (Å²) in [6.45, 7) is 3.69. The fraction of sp³-hybridized carbons (Fsp3) is 0.917. The van der Waals surface area contributed by atoms with Crippen molar-refractivity contribution in [2.24, 2.45) is 5.84 Å². The van der Waals surface area contributed by atoms with Gasteiger partial charge >= 0.3 is 0 Å². The largest absolute Gasteiger partial charge is 0.381 e. The summed E-state index contributed by atoms with van der Waals surface area (Å²) in [7, 11) is 0. The van der Waals surface area contributed by atoms with Crippen LogP contribution < -0.4 is 11.3 Å². The van der Waals surface area contributed by atoms with E-state index < -0.39 is 0 Å². The third kappa shape index (κ3) is 11.5. The number of nitrogens with one attached hydrogen (secondary N) is 1. The van der Waals surface area contributed by atoms with Crippen LogP contribution in [0, 0.1) is 0 Å². The number of rotatable bonds is 11. The van der Waals surface area contributed by atoms with Gasteiger partial charge in [0.1, 0.15) is 0 Å². The van der Waals surface area contributed by atoms with Gasteiger partial charge in [-0.1, -0.05) is 39.0 Å². The van der Waals surface area contributed by atoms with Gasteiger partial charge in [-0.05, 0) is 12.8 Å². The molecular formula is C12H26N2O2. The maximum Gasteiger partial charge on any atom is 0.233 e. The number of hydrazine groups is 1. The number of ether oxygens (including phenoxy) is 1. The van der Waals surface area contributed by atoms with Gasteiger partial charge in [0.05, 0.1) is 0 Å². The summed E-state index contributed by atoms with van der Waals surface area (Å²) in [5.41, 5.74) is 2.10. The number of nitrogens with two attached hydrogens (primary N) is 1.